The second-order valence-corrected chi connectivity index (χ2v) is 5.70. The molecule has 0 atom stereocenters. The summed E-state index contributed by atoms with van der Waals surface area (Å²) < 4.78 is 4.91. The smallest absolute Gasteiger partial charge is 0.306 e. The van der Waals surface area contributed by atoms with E-state index < -0.39 is 0 Å². The largest absolute Gasteiger partial charge is 0.466 e. The van der Waals surface area contributed by atoms with Gasteiger partial charge in [0.1, 0.15) is 5.01 Å². The molecule has 0 saturated heterocycles. The number of esters is 1. The van der Waals surface area contributed by atoms with Crippen LogP contribution in [0.25, 0.3) is 10.6 Å². The van der Waals surface area contributed by atoms with Crippen LogP contribution in [0.5, 0.6) is 0 Å². The molecule has 1 heterocycles. The molecule has 2 aromatic rings. The molecule has 0 radical (unpaired) electrons. The van der Waals surface area contributed by atoms with Crippen LogP contribution in [0, 0.1) is 6.92 Å². The molecule has 0 bridgehead atoms. The molecule has 0 aliphatic carbocycles. The first-order valence-corrected chi connectivity index (χ1v) is 7.72. The standard InChI is InChI=1S/C15H16ClNO2S/c1-3-19-14(18)7-5-12-9-20-15(17-12)13-6-4-11(16)8-10(13)2/h4,6,8-9H,3,5,7H2,1-2H3. The Balaban J connectivity index is 2.07. The summed E-state index contributed by atoms with van der Waals surface area (Å²) in [5.74, 6) is -0.176. The van der Waals surface area contributed by atoms with Crippen LogP contribution >= 0.6 is 22.9 Å². The molecular formula is C15H16ClNO2S. The van der Waals surface area contributed by atoms with Gasteiger partial charge in [0.15, 0.2) is 0 Å². The number of hydrogen-bond donors (Lipinski definition) is 0. The van der Waals surface area contributed by atoms with Gasteiger partial charge in [-0.1, -0.05) is 17.7 Å². The van der Waals surface area contributed by atoms with Gasteiger partial charge < -0.3 is 4.74 Å². The number of aryl methyl sites for hydroxylation is 2. The van der Waals surface area contributed by atoms with Crippen molar-refractivity contribution < 1.29 is 9.53 Å². The van der Waals surface area contributed by atoms with Gasteiger partial charge >= 0.3 is 5.97 Å². The molecule has 3 nitrogen and oxygen atoms in total. The van der Waals surface area contributed by atoms with Gasteiger partial charge in [-0.25, -0.2) is 4.98 Å². The number of benzene rings is 1. The van der Waals surface area contributed by atoms with E-state index in [1.165, 1.54) is 0 Å². The van der Waals surface area contributed by atoms with Crippen molar-refractivity contribution >= 4 is 28.9 Å². The topological polar surface area (TPSA) is 39.2 Å². The monoisotopic (exact) mass is 309 g/mol. The maximum atomic E-state index is 11.3. The minimum atomic E-state index is -0.176. The number of thiazole rings is 1. The molecule has 0 amide bonds. The zero-order valence-electron chi connectivity index (χ0n) is 11.5. The van der Waals surface area contributed by atoms with Crippen LogP contribution in [-0.2, 0) is 16.0 Å². The first-order valence-electron chi connectivity index (χ1n) is 6.46. The summed E-state index contributed by atoms with van der Waals surface area (Å²) in [4.78, 5) is 15.9. The number of hydrogen-bond acceptors (Lipinski definition) is 4. The van der Waals surface area contributed by atoms with E-state index in [1.807, 2.05) is 37.4 Å². The third-order valence-electron chi connectivity index (χ3n) is 2.86. The predicted molar refractivity (Wildman–Crippen MR) is 82.3 cm³/mol. The molecule has 0 spiro atoms. The Morgan fingerprint density at radius 2 is 2.25 bits per heavy atom. The molecule has 1 aromatic heterocycles. The van der Waals surface area contributed by atoms with Crippen molar-refractivity contribution in [1.29, 1.82) is 0 Å². The van der Waals surface area contributed by atoms with Gasteiger partial charge in [0, 0.05) is 22.4 Å². The zero-order chi connectivity index (χ0) is 14.5. The zero-order valence-corrected chi connectivity index (χ0v) is 13.1. The van der Waals surface area contributed by atoms with Gasteiger partial charge in [0.05, 0.1) is 18.7 Å². The van der Waals surface area contributed by atoms with Crippen LogP contribution < -0.4 is 0 Å². The molecule has 106 valence electrons. The average molecular weight is 310 g/mol. The summed E-state index contributed by atoms with van der Waals surface area (Å²) in [6, 6.07) is 5.77. The van der Waals surface area contributed by atoms with E-state index in [9.17, 15) is 4.79 Å². The molecule has 20 heavy (non-hydrogen) atoms. The van der Waals surface area contributed by atoms with Crippen molar-refractivity contribution in [3.05, 3.63) is 39.9 Å². The summed E-state index contributed by atoms with van der Waals surface area (Å²) in [5.41, 5.74) is 3.11. The van der Waals surface area contributed by atoms with E-state index in [1.54, 1.807) is 11.3 Å². The van der Waals surface area contributed by atoms with Crippen molar-refractivity contribution in [1.82, 2.24) is 4.98 Å². The van der Waals surface area contributed by atoms with Gasteiger partial charge in [0.2, 0.25) is 0 Å². The highest BCUT2D eigenvalue weighted by Gasteiger charge is 2.09. The Kier molecular flexibility index (Phi) is 5.15. The minimum absolute atomic E-state index is 0.176. The van der Waals surface area contributed by atoms with E-state index >= 15 is 0 Å². The highest BCUT2D eigenvalue weighted by molar-refractivity contribution is 7.13. The molecule has 0 aliphatic heterocycles. The van der Waals surface area contributed by atoms with Crippen LogP contribution in [0.2, 0.25) is 5.02 Å². The van der Waals surface area contributed by atoms with Gasteiger partial charge in [-0.15, -0.1) is 11.3 Å². The molecule has 0 unspecified atom stereocenters. The third kappa shape index (κ3) is 3.81. The molecule has 0 saturated carbocycles. The lowest BCUT2D eigenvalue weighted by Crippen LogP contribution is -2.05. The Hall–Kier alpha value is -1.39. The van der Waals surface area contributed by atoms with Crippen LogP contribution in [0.1, 0.15) is 24.6 Å². The number of ether oxygens (including phenoxy) is 1. The number of halogens is 1. The van der Waals surface area contributed by atoms with Crippen molar-refractivity contribution in [3.63, 3.8) is 0 Å². The normalized spacial score (nSPS) is 10.6. The number of carbonyl (C=O) groups excluding carboxylic acids is 1. The Morgan fingerprint density at radius 3 is 2.95 bits per heavy atom. The second-order valence-electron chi connectivity index (χ2n) is 4.41. The van der Waals surface area contributed by atoms with Crippen molar-refractivity contribution in [2.75, 3.05) is 6.61 Å². The fourth-order valence-electron chi connectivity index (χ4n) is 1.88. The van der Waals surface area contributed by atoms with Crippen molar-refractivity contribution in [3.8, 4) is 10.6 Å². The third-order valence-corrected chi connectivity index (χ3v) is 4.02. The minimum Gasteiger partial charge on any atom is -0.466 e. The quantitative estimate of drug-likeness (QED) is 0.774. The lowest BCUT2D eigenvalue weighted by Gasteiger charge is -2.02. The second kappa shape index (κ2) is 6.86. The van der Waals surface area contributed by atoms with E-state index in [4.69, 9.17) is 16.3 Å². The van der Waals surface area contributed by atoms with E-state index in [2.05, 4.69) is 4.98 Å². The summed E-state index contributed by atoms with van der Waals surface area (Å²) >= 11 is 7.54. The van der Waals surface area contributed by atoms with Gasteiger partial charge in [0.25, 0.3) is 0 Å². The fraction of sp³-hybridized carbons (Fsp3) is 0.333. The fourth-order valence-corrected chi connectivity index (χ4v) is 3.05. The SMILES string of the molecule is CCOC(=O)CCc1csc(-c2ccc(Cl)cc2C)n1. The van der Waals surface area contributed by atoms with Gasteiger partial charge in [-0.3, -0.25) is 4.79 Å². The molecular weight excluding hydrogens is 294 g/mol. The Labute approximate surface area is 127 Å². The summed E-state index contributed by atoms with van der Waals surface area (Å²) in [5, 5.41) is 3.67. The maximum Gasteiger partial charge on any atom is 0.306 e. The van der Waals surface area contributed by atoms with Gasteiger partial charge in [-0.05, 0) is 31.5 Å². The van der Waals surface area contributed by atoms with Crippen LogP contribution in [-0.4, -0.2) is 17.6 Å². The Bertz CT molecular complexity index is 610. The molecule has 1 aromatic carbocycles. The van der Waals surface area contributed by atoms with Crippen LogP contribution in [0.15, 0.2) is 23.6 Å². The summed E-state index contributed by atoms with van der Waals surface area (Å²) in [7, 11) is 0. The van der Waals surface area contributed by atoms with Crippen LogP contribution in [0.3, 0.4) is 0 Å². The van der Waals surface area contributed by atoms with Crippen LogP contribution in [0.4, 0.5) is 0 Å². The first-order chi connectivity index (χ1) is 9.60. The number of carbonyl (C=O) groups is 1. The summed E-state index contributed by atoms with van der Waals surface area (Å²) in [6.45, 7) is 4.24. The van der Waals surface area contributed by atoms with Gasteiger partial charge in [-0.2, -0.15) is 0 Å². The van der Waals surface area contributed by atoms with Crippen molar-refractivity contribution in [2.45, 2.75) is 26.7 Å². The van der Waals surface area contributed by atoms with E-state index in [0.717, 1.165) is 26.9 Å². The highest BCUT2D eigenvalue weighted by Crippen LogP contribution is 2.29. The maximum absolute atomic E-state index is 11.3. The molecule has 5 heteroatoms. The predicted octanol–water partition coefficient (Wildman–Crippen LogP) is 4.27. The molecule has 0 N–H and O–H groups in total. The summed E-state index contributed by atoms with van der Waals surface area (Å²) in [6.07, 6.45) is 0.985. The highest BCUT2D eigenvalue weighted by atomic mass is 35.5. The lowest BCUT2D eigenvalue weighted by atomic mass is 10.1. The first kappa shape index (κ1) is 15.0. The number of aromatic nitrogens is 1. The molecule has 0 aliphatic rings. The number of rotatable bonds is 5. The van der Waals surface area contributed by atoms with Crippen molar-refractivity contribution in [2.24, 2.45) is 0 Å². The molecule has 2 rings (SSSR count). The Morgan fingerprint density at radius 1 is 1.45 bits per heavy atom. The number of nitrogens with zero attached hydrogens (tertiary/aromatic N) is 1. The lowest BCUT2D eigenvalue weighted by molar-refractivity contribution is -0.143. The van der Waals surface area contributed by atoms with E-state index in [0.29, 0.717) is 19.4 Å². The average Bonchev–Trinajstić information content (AvgIpc) is 2.85. The molecule has 0 fully saturated rings. The van der Waals surface area contributed by atoms with E-state index in [-0.39, 0.29) is 5.97 Å².